The Kier molecular flexibility index (Phi) is 7.60. The summed E-state index contributed by atoms with van der Waals surface area (Å²) in [5.41, 5.74) is 0. The van der Waals surface area contributed by atoms with Gasteiger partial charge in [-0.15, -0.1) is 0 Å². The maximum Gasteiger partial charge on any atom is 0.302 e. The molecule has 0 aliphatic heterocycles. The van der Waals surface area contributed by atoms with Crippen LogP contribution in [0, 0.1) is 11.3 Å². The maximum atomic E-state index is 10.7. The van der Waals surface area contributed by atoms with Crippen molar-refractivity contribution in [1.29, 1.82) is 5.41 Å². The second-order valence-electron chi connectivity index (χ2n) is 3.78. The number of esters is 1. The monoisotopic (exact) mass is 211 g/mol. The highest BCUT2D eigenvalue weighted by atomic mass is 16.5. The number of rotatable bonds is 7. The Morgan fingerprint density at radius 1 is 1.33 bits per heavy atom. The molecule has 3 heteroatoms. The molecule has 2 atom stereocenters. The lowest BCUT2D eigenvalue weighted by molar-refractivity contribution is -0.147. The quantitative estimate of drug-likeness (QED) is 0.304. The highest BCUT2D eigenvalue weighted by molar-refractivity contribution is 5.66. The van der Waals surface area contributed by atoms with E-state index in [2.05, 4.69) is 19.1 Å². The third kappa shape index (κ3) is 7.91. The van der Waals surface area contributed by atoms with E-state index >= 15 is 0 Å². The summed E-state index contributed by atoms with van der Waals surface area (Å²) in [6, 6.07) is 0. The molecule has 0 saturated carbocycles. The van der Waals surface area contributed by atoms with E-state index in [0.29, 0.717) is 5.92 Å². The summed E-state index contributed by atoms with van der Waals surface area (Å²) < 4.78 is 5.08. The molecule has 0 saturated heterocycles. The third-order valence-corrected chi connectivity index (χ3v) is 2.31. The van der Waals surface area contributed by atoms with Crippen LogP contribution in [0.25, 0.3) is 0 Å². The molecule has 2 unspecified atom stereocenters. The van der Waals surface area contributed by atoms with E-state index in [0.717, 1.165) is 19.3 Å². The second kappa shape index (κ2) is 8.21. The van der Waals surface area contributed by atoms with E-state index in [4.69, 9.17) is 10.1 Å². The first-order valence-electron chi connectivity index (χ1n) is 5.39. The standard InChI is InChI=1S/C12H21NO2/c1-10(11(2)15-12(3)14)8-6-4-5-7-9-13/h4,6,9-11,13H,5,7-8H2,1-3H3. The van der Waals surface area contributed by atoms with E-state index in [9.17, 15) is 4.79 Å². The second-order valence-corrected chi connectivity index (χ2v) is 3.78. The molecule has 0 fully saturated rings. The van der Waals surface area contributed by atoms with Gasteiger partial charge in [0.15, 0.2) is 0 Å². The molecule has 86 valence electrons. The van der Waals surface area contributed by atoms with Crippen molar-refractivity contribution in [2.24, 2.45) is 5.92 Å². The molecule has 0 aromatic carbocycles. The molecule has 0 radical (unpaired) electrons. The van der Waals surface area contributed by atoms with Gasteiger partial charge in [-0.25, -0.2) is 0 Å². The minimum atomic E-state index is -0.220. The van der Waals surface area contributed by atoms with Crippen LogP contribution < -0.4 is 0 Å². The summed E-state index contributed by atoms with van der Waals surface area (Å²) in [5, 5.41) is 6.85. The molecular weight excluding hydrogens is 190 g/mol. The molecule has 15 heavy (non-hydrogen) atoms. The summed E-state index contributed by atoms with van der Waals surface area (Å²) in [4.78, 5) is 10.7. The van der Waals surface area contributed by atoms with Crippen molar-refractivity contribution in [2.45, 2.75) is 46.1 Å². The molecule has 3 nitrogen and oxygen atoms in total. The average molecular weight is 211 g/mol. The lowest BCUT2D eigenvalue weighted by Crippen LogP contribution is -2.20. The SMILES string of the molecule is CC(=O)OC(C)C(C)CC=CCCC=N. The third-order valence-electron chi connectivity index (χ3n) is 2.31. The van der Waals surface area contributed by atoms with Gasteiger partial charge >= 0.3 is 5.97 Å². The van der Waals surface area contributed by atoms with Gasteiger partial charge in [0.2, 0.25) is 0 Å². The molecule has 0 spiro atoms. The van der Waals surface area contributed by atoms with Gasteiger partial charge in [0, 0.05) is 6.92 Å². The predicted octanol–water partition coefficient (Wildman–Crippen LogP) is 2.95. The highest BCUT2D eigenvalue weighted by Gasteiger charge is 2.12. The van der Waals surface area contributed by atoms with Gasteiger partial charge in [-0.05, 0) is 38.3 Å². The first kappa shape index (κ1) is 13.9. The first-order valence-corrected chi connectivity index (χ1v) is 5.39. The molecule has 0 heterocycles. The van der Waals surface area contributed by atoms with Crippen LogP contribution in [-0.4, -0.2) is 18.3 Å². The smallest absolute Gasteiger partial charge is 0.302 e. The van der Waals surface area contributed by atoms with Crippen LogP contribution >= 0.6 is 0 Å². The van der Waals surface area contributed by atoms with E-state index in [1.165, 1.54) is 13.1 Å². The van der Waals surface area contributed by atoms with E-state index in [1.807, 2.05) is 6.92 Å². The normalized spacial score (nSPS) is 14.9. The zero-order valence-corrected chi connectivity index (χ0v) is 9.82. The fourth-order valence-electron chi connectivity index (χ4n) is 1.18. The van der Waals surface area contributed by atoms with Gasteiger partial charge in [-0.2, -0.15) is 0 Å². The number of hydrogen-bond donors (Lipinski definition) is 1. The Morgan fingerprint density at radius 3 is 2.53 bits per heavy atom. The van der Waals surface area contributed by atoms with Crippen LogP contribution in [0.5, 0.6) is 0 Å². The van der Waals surface area contributed by atoms with Crippen molar-refractivity contribution in [3.05, 3.63) is 12.2 Å². The first-order chi connectivity index (χ1) is 7.07. The zero-order valence-electron chi connectivity index (χ0n) is 9.82. The minimum Gasteiger partial charge on any atom is -0.463 e. The Balaban J connectivity index is 3.71. The number of unbranched alkanes of at least 4 members (excludes halogenated alkanes) is 1. The van der Waals surface area contributed by atoms with Crippen molar-refractivity contribution in [3.8, 4) is 0 Å². The van der Waals surface area contributed by atoms with E-state index < -0.39 is 0 Å². The molecule has 0 bridgehead atoms. The van der Waals surface area contributed by atoms with E-state index in [-0.39, 0.29) is 12.1 Å². The van der Waals surface area contributed by atoms with Crippen LogP contribution in [0.4, 0.5) is 0 Å². The van der Waals surface area contributed by atoms with Gasteiger partial charge in [-0.3, -0.25) is 4.79 Å². The number of ether oxygens (including phenoxy) is 1. The van der Waals surface area contributed by atoms with Crippen molar-refractivity contribution in [3.63, 3.8) is 0 Å². The number of carbonyl (C=O) groups excluding carboxylic acids is 1. The Bertz CT molecular complexity index is 224. The van der Waals surface area contributed by atoms with Crippen LogP contribution in [0.15, 0.2) is 12.2 Å². The molecule has 0 aliphatic carbocycles. The van der Waals surface area contributed by atoms with Gasteiger partial charge in [0.25, 0.3) is 0 Å². The number of nitrogens with one attached hydrogen (secondary N) is 1. The maximum absolute atomic E-state index is 10.7. The Labute approximate surface area is 92.0 Å². The van der Waals surface area contributed by atoms with Gasteiger partial charge < -0.3 is 10.1 Å². The summed E-state index contributed by atoms with van der Waals surface area (Å²) in [5.74, 6) is 0.118. The van der Waals surface area contributed by atoms with Crippen molar-refractivity contribution in [2.75, 3.05) is 0 Å². The fraction of sp³-hybridized carbons (Fsp3) is 0.667. The molecular formula is C12H21NO2. The zero-order chi connectivity index (χ0) is 11.7. The molecule has 1 N–H and O–H groups in total. The molecule has 0 aromatic heterocycles. The lowest BCUT2D eigenvalue weighted by atomic mass is 10.0. The van der Waals surface area contributed by atoms with Crippen LogP contribution in [-0.2, 0) is 9.53 Å². The minimum absolute atomic E-state index is 0.0325. The molecule has 0 amide bonds. The molecule has 0 aromatic rings. The molecule has 0 aliphatic rings. The highest BCUT2D eigenvalue weighted by Crippen LogP contribution is 2.12. The van der Waals surface area contributed by atoms with Crippen molar-refractivity contribution < 1.29 is 9.53 Å². The molecule has 0 rings (SSSR count). The Hall–Kier alpha value is -1.12. The lowest BCUT2D eigenvalue weighted by Gasteiger charge is -2.17. The van der Waals surface area contributed by atoms with Crippen molar-refractivity contribution in [1.82, 2.24) is 0 Å². The number of hydrogen-bond acceptors (Lipinski definition) is 3. The summed E-state index contributed by atoms with van der Waals surface area (Å²) in [7, 11) is 0. The number of allylic oxidation sites excluding steroid dienone is 2. The van der Waals surface area contributed by atoms with Gasteiger partial charge in [-0.1, -0.05) is 19.1 Å². The summed E-state index contributed by atoms with van der Waals surface area (Å²) in [6.07, 6.45) is 8.16. The summed E-state index contributed by atoms with van der Waals surface area (Å²) >= 11 is 0. The average Bonchev–Trinajstić information content (AvgIpc) is 2.16. The fourth-order valence-corrected chi connectivity index (χ4v) is 1.18. The van der Waals surface area contributed by atoms with E-state index in [1.54, 1.807) is 0 Å². The Morgan fingerprint density at radius 2 is 2.00 bits per heavy atom. The van der Waals surface area contributed by atoms with Crippen molar-refractivity contribution >= 4 is 12.2 Å². The van der Waals surface area contributed by atoms with Crippen LogP contribution in [0.2, 0.25) is 0 Å². The van der Waals surface area contributed by atoms with Crippen LogP contribution in [0.3, 0.4) is 0 Å². The van der Waals surface area contributed by atoms with Gasteiger partial charge in [0.1, 0.15) is 6.10 Å². The summed E-state index contributed by atoms with van der Waals surface area (Å²) in [6.45, 7) is 5.41. The largest absolute Gasteiger partial charge is 0.463 e. The topological polar surface area (TPSA) is 50.2 Å². The van der Waals surface area contributed by atoms with Gasteiger partial charge in [0.05, 0.1) is 0 Å². The van der Waals surface area contributed by atoms with Crippen LogP contribution in [0.1, 0.15) is 40.0 Å². The predicted molar refractivity (Wildman–Crippen MR) is 62.2 cm³/mol. The number of carbonyl (C=O) groups is 1.